The van der Waals surface area contributed by atoms with Crippen LogP contribution in [0.2, 0.25) is 0 Å². The number of H-pyrrole nitrogens is 1. The summed E-state index contributed by atoms with van der Waals surface area (Å²) in [6, 6.07) is 14.1. The fourth-order valence-electron chi connectivity index (χ4n) is 4.41. The van der Waals surface area contributed by atoms with E-state index in [1.807, 2.05) is 68.7 Å². The molecule has 35 heavy (non-hydrogen) atoms. The quantitative estimate of drug-likeness (QED) is 0.375. The summed E-state index contributed by atoms with van der Waals surface area (Å²) in [6.45, 7) is 13.0. The molecule has 2 heterocycles. The maximum absolute atomic E-state index is 12.9. The number of aromatic amines is 1. The van der Waals surface area contributed by atoms with Crippen LogP contribution >= 0.6 is 0 Å². The number of anilines is 1. The first-order valence-electron chi connectivity index (χ1n) is 12.1. The van der Waals surface area contributed by atoms with Crippen LogP contribution in [0, 0.1) is 18.3 Å². The largest absolute Gasteiger partial charge is 0.328 e. The van der Waals surface area contributed by atoms with Crippen LogP contribution in [-0.4, -0.2) is 25.0 Å². The Kier molecular flexibility index (Phi) is 6.45. The Morgan fingerprint density at radius 1 is 1.09 bits per heavy atom. The van der Waals surface area contributed by atoms with Gasteiger partial charge in [-0.25, -0.2) is 9.78 Å². The predicted octanol–water partition coefficient (Wildman–Crippen LogP) is 5.74. The van der Waals surface area contributed by atoms with Crippen molar-refractivity contribution in [3.05, 3.63) is 58.5 Å². The van der Waals surface area contributed by atoms with Gasteiger partial charge in [-0.15, -0.1) is 0 Å². The van der Waals surface area contributed by atoms with E-state index in [1.165, 1.54) is 0 Å². The Bertz CT molecular complexity index is 1450. The smallest absolute Gasteiger partial charge is 0.323 e. The second-order valence-electron chi connectivity index (χ2n) is 11.0. The van der Waals surface area contributed by atoms with E-state index in [0.717, 1.165) is 39.1 Å². The normalized spacial score (nSPS) is 12.0. The van der Waals surface area contributed by atoms with E-state index in [4.69, 9.17) is 4.98 Å². The van der Waals surface area contributed by atoms with Crippen LogP contribution in [0.4, 0.5) is 5.95 Å². The van der Waals surface area contributed by atoms with Crippen molar-refractivity contribution in [2.45, 2.75) is 54.5 Å². The van der Waals surface area contributed by atoms with E-state index in [-0.39, 0.29) is 17.0 Å². The molecule has 0 fully saturated rings. The molecule has 7 heteroatoms. The van der Waals surface area contributed by atoms with Crippen LogP contribution in [0.25, 0.3) is 33.5 Å². The first-order valence-corrected chi connectivity index (χ1v) is 12.1. The fraction of sp³-hybridized carbons (Fsp3) is 0.393. The summed E-state index contributed by atoms with van der Waals surface area (Å²) in [5.41, 5.74) is 6.15. The lowest BCUT2D eigenvalue weighted by Gasteiger charge is -2.16. The van der Waals surface area contributed by atoms with Crippen molar-refractivity contribution in [1.29, 1.82) is 0 Å². The third-order valence-electron chi connectivity index (χ3n) is 5.93. The number of hydrogen-bond donors (Lipinski definition) is 2. The van der Waals surface area contributed by atoms with Gasteiger partial charge in [0.15, 0.2) is 0 Å². The molecule has 1 amide bonds. The van der Waals surface area contributed by atoms with Crippen LogP contribution in [0.5, 0.6) is 0 Å². The standard InChI is InChI=1S/C28H35N5O2/c1-17(2)16-33-21-12-11-20(14-22(21)32(7)27(33)35)25-24(19-10-8-9-18(3)13-19)30-26(31-25)29-23(34)15-28(4,5)6/h8-14,17H,15-16H2,1-7H3,(H2,29,30,31,34). The lowest BCUT2D eigenvalue weighted by Crippen LogP contribution is -2.24. The summed E-state index contributed by atoms with van der Waals surface area (Å²) >= 11 is 0. The molecule has 0 aliphatic heterocycles. The first-order chi connectivity index (χ1) is 16.4. The molecule has 0 saturated heterocycles. The van der Waals surface area contributed by atoms with Gasteiger partial charge in [0, 0.05) is 31.1 Å². The van der Waals surface area contributed by atoms with Crippen molar-refractivity contribution in [2.75, 3.05) is 5.32 Å². The van der Waals surface area contributed by atoms with Gasteiger partial charge in [0.2, 0.25) is 11.9 Å². The number of fused-ring (bicyclic) bond motifs is 1. The number of aromatic nitrogens is 4. The van der Waals surface area contributed by atoms with Crippen molar-refractivity contribution in [3.63, 3.8) is 0 Å². The first kappa shape index (κ1) is 24.5. The van der Waals surface area contributed by atoms with E-state index < -0.39 is 0 Å². The van der Waals surface area contributed by atoms with Gasteiger partial charge < -0.3 is 4.98 Å². The predicted molar refractivity (Wildman–Crippen MR) is 142 cm³/mol. The lowest BCUT2D eigenvalue weighted by atomic mass is 9.92. The van der Waals surface area contributed by atoms with Gasteiger partial charge in [-0.1, -0.05) is 64.4 Å². The SMILES string of the molecule is Cc1cccc(-c2nc(NC(=O)CC(C)(C)C)[nH]c2-c2ccc3c(c2)n(C)c(=O)n3CC(C)C)c1. The Morgan fingerprint density at radius 3 is 2.49 bits per heavy atom. The lowest BCUT2D eigenvalue weighted by molar-refractivity contribution is -0.117. The van der Waals surface area contributed by atoms with Crippen LogP contribution in [0.3, 0.4) is 0 Å². The molecule has 2 N–H and O–H groups in total. The third kappa shape index (κ3) is 5.24. The summed E-state index contributed by atoms with van der Waals surface area (Å²) in [7, 11) is 1.80. The highest BCUT2D eigenvalue weighted by Crippen LogP contribution is 2.34. The molecule has 4 aromatic rings. The van der Waals surface area contributed by atoms with Gasteiger partial charge in [-0.3, -0.25) is 19.2 Å². The summed E-state index contributed by atoms with van der Waals surface area (Å²) in [5, 5.41) is 2.93. The van der Waals surface area contributed by atoms with Gasteiger partial charge in [0.25, 0.3) is 0 Å². The molecule has 0 aliphatic carbocycles. The molecule has 0 bridgehead atoms. The molecule has 0 spiro atoms. The third-order valence-corrected chi connectivity index (χ3v) is 5.93. The van der Waals surface area contributed by atoms with Crippen LogP contribution in [-0.2, 0) is 18.4 Å². The van der Waals surface area contributed by atoms with Crippen molar-refractivity contribution in [2.24, 2.45) is 18.4 Å². The van der Waals surface area contributed by atoms with Crippen LogP contribution in [0.15, 0.2) is 47.3 Å². The minimum atomic E-state index is -0.127. The molecule has 0 radical (unpaired) electrons. The van der Waals surface area contributed by atoms with E-state index >= 15 is 0 Å². The van der Waals surface area contributed by atoms with E-state index in [2.05, 4.69) is 30.2 Å². The average Bonchev–Trinajstić information content (AvgIpc) is 3.27. The van der Waals surface area contributed by atoms with Gasteiger partial charge in [-0.05, 0) is 36.5 Å². The molecular weight excluding hydrogens is 438 g/mol. The number of hydrogen-bond acceptors (Lipinski definition) is 3. The Labute approximate surface area is 206 Å². The topological polar surface area (TPSA) is 84.7 Å². The van der Waals surface area contributed by atoms with Crippen LogP contribution < -0.4 is 11.0 Å². The van der Waals surface area contributed by atoms with Gasteiger partial charge in [0.05, 0.1) is 22.4 Å². The fourth-order valence-corrected chi connectivity index (χ4v) is 4.41. The number of nitrogens with zero attached hydrogens (tertiary/aromatic N) is 3. The molecule has 0 aliphatic rings. The van der Waals surface area contributed by atoms with E-state index in [9.17, 15) is 9.59 Å². The maximum atomic E-state index is 12.9. The highest BCUT2D eigenvalue weighted by atomic mass is 16.2. The monoisotopic (exact) mass is 473 g/mol. The zero-order valence-electron chi connectivity index (χ0n) is 21.7. The zero-order chi connectivity index (χ0) is 25.5. The molecule has 0 unspecified atom stereocenters. The second kappa shape index (κ2) is 9.21. The molecular formula is C28H35N5O2. The maximum Gasteiger partial charge on any atom is 0.328 e. The molecule has 7 nitrogen and oxygen atoms in total. The Hall–Kier alpha value is -3.61. The number of benzene rings is 2. The minimum Gasteiger partial charge on any atom is -0.323 e. The van der Waals surface area contributed by atoms with Crippen molar-refractivity contribution < 1.29 is 4.79 Å². The number of carbonyl (C=O) groups is 1. The number of amides is 1. The molecule has 2 aromatic heterocycles. The van der Waals surface area contributed by atoms with Crippen molar-refractivity contribution >= 4 is 22.9 Å². The molecule has 4 rings (SSSR count). The van der Waals surface area contributed by atoms with Crippen LogP contribution in [0.1, 0.15) is 46.6 Å². The number of imidazole rings is 2. The van der Waals surface area contributed by atoms with Crippen molar-refractivity contribution in [3.8, 4) is 22.5 Å². The highest BCUT2D eigenvalue weighted by Gasteiger charge is 2.20. The molecule has 184 valence electrons. The number of nitrogens with one attached hydrogen (secondary N) is 2. The zero-order valence-corrected chi connectivity index (χ0v) is 21.7. The highest BCUT2D eigenvalue weighted by molar-refractivity contribution is 5.92. The summed E-state index contributed by atoms with van der Waals surface area (Å²) in [6.07, 6.45) is 0.389. The molecule has 0 atom stereocenters. The summed E-state index contributed by atoms with van der Waals surface area (Å²) in [4.78, 5) is 33.6. The number of rotatable bonds is 6. The van der Waals surface area contributed by atoms with E-state index in [1.54, 1.807) is 11.6 Å². The molecule has 2 aromatic carbocycles. The number of aryl methyl sites for hydroxylation is 2. The van der Waals surface area contributed by atoms with Gasteiger partial charge in [-0.2, -0.15) is 0 Å². The summed E-state index contributed by atoms with van der Waals surface area (Å²) in [5.74, 6) is 0.687. The minimum absolute atomic E-state index is 0.0236. The second-order valence-corrected chi connectivity index (χ2v) is 11.0. The van der Waals surface area contributed by atoms with E-state index in [0.29, 0.717) is 24.8 Å². The average molecular weight is 474 g/mol. The molecule has 0 saturated carbocycles. The van der Waals surface area contributed by atoms with Crippen molar-refractivity contribution in [1.82, 2.24) is 19.1 Å². The van der Waals surface area contributed by atoms with Gasteiger partial charge in [0.1, 0.15) is 0 Å². The summed E-state index contributed by atoms with van der Waals surface area (Å²) < 4.78 is 3.52. The number of carbonyl (C=O) groups excluding carboxylic acids is 1. The Balaban J connectivity index is 1.83. The Morgan fingerprint density at radius 2 is 1.83 bits per heavy atom. The van der Waals surface area contributed by atoms with Gasteiger partial charge >= 0.3 is 5.69 Å².